The van der Waals surface area contributed by atoms with Gasteiger partial charge in [0.25, 0.3) is 0 Å². The molecule has 0 aliphatic heterocycles. The number of rotatable bonds is 23. The molecule has 0 unspecified atom stereocenters. The van der Waals surface area contributed by atoms with E-state index in [0.717, 1.165) is 50.5 Å². The van der Waals surface area contributed by atoms with E-state index in [0.29, 0.717) is 46.3 Å². The normalized spacial score (nSPS) is 11.2. The van der Waals surface area contributed by atoms with E-state index in [1.165, 1.54) is 77.0 Å². The van der Waals surface area contributed by atoms with Crippen molar-refractivity contribution in [3.63, 3.8) is 0 Å². The fourth-order valence-corrected chi connectivity index (χ4v) is 5.95. The summed E-state index contributed by atoms with van der Waals surface area (Å²) in [6.07, 6.45) is 20.8. The van der Waals surface area contributed by atoms with Crippen LogP contribution in [-0.2, 0) is 15.9 Å². The fourth-order valence-electron chi connectivity index (χ4n) is 5.95. The van der Waals surface area contributed by atoms with Crippen LogP contribution in [0.5, 0.6) is 11.5 Å². The van der Waals surface area contributed by atoms with Crippen molar-refractivity contribution in [1.29, 1.82) is 0 Å². The number of hydrogen-bond donors (Lipinski definition) is 0. The molecule has 0 spiro atoms. The van der Waals surface area contributed by atoms with Crippen molar-refractivity contribution in [3.05, 3.63) is 48.0 Å². The first-order valence-corrected chi connectivity index (χ1v) is 18.3. The van der Waals surface area contributed by atoms with Crippen LogP contribution in [0.3, 0.4) is 0 Å². The molecule has 0 amide bonds. The molecule has 0 radical (unpaired) electrons. The highest BCUT2D eigenvalue weighted by Gasteiger charge is 2.21. The Morgan fingerprint density at radius 2 is 0.870 bits per heavy atom. The van der Waals surface area contributed by atoms with Gasteiger partial charge in [-0.05, 0) is 30.9 Å². The van der Waals surface area contributed by atoms with Crippen LogP contribution >= 0.6 is 0 Å². The summed E-state index contributed by atoms with van der Waals surface area (Å²) in [5.74, 6) is 0.814. The summed E-state index contributed by atoms with van der Waals surface area (Å²) in [6.45, 7) is 7.21. The van der Waals surface area contributed by atoms with E-state index >= 15 is 0 Å². The molecular formula is C40H58O6. The molecular weight excluding hydrogens is 576 g/mol. The molecule has 6 heteroatoms. The Morgan fingerprint density at radius 1 is 0.478 bits per heavy atom. The lowest BCUT2D eigenvalue weighted by Crippen LogP contribution is -2.14. The van der Waals surface area contributed by atoms with E-state index < -0.39 is 12.3 Å². The SMILES string of the molecule is CCCCCCCCCCCOC(=O)Oc1c2ccccc2c(OC(=O)OCCCCCCCCCCC)c2cc(CC)ccc12. The summed E-state index contributed by atoms with van der Waals surface area (Å²) in [6, 6.07) is 13.4. The highest BCUT2D eigenvalue weighted by Crippen LogP contribution is 2.43. The Hall–Kier alpha value is -3.28. The van der Waals surface area contributed by atoms with Crippen molar-refractivity contribution in [2.45, 2.75) is 143 Å². The third-order valence-electron chi connectivity index (χ3n) is 8.70. The van der Waals surface area contributed by atoms with Crippen LogP contribution in [0, 0.1) is 0 Å². The van der Waals surface area contributed by atoms with Crippen LogP contribution in [0.1, 0.15) is 142 Å². The van der Waals surface area contributed by atoms with E-state index in [2.05, 4.69) is 20.8 Å². The smallest absolute Gasteiger partial charge is 0.434 e. The molecule has 3 aromatic rings. The van der Waals surface area contributed by atoms with Gasteiger partial charge in [0.2, 0.25) is 0 Å². The Morgan fingerprint density at radius 3 is 1.30 bits per heavy atom. The molecule has 0 N–H and O–H groups in total. The number of unbranched alkanes of at least 4 members (excludes halogenated alkanes) is 16. The molecule has 0 heterocycles. The molecule has 0 fully saturated rings. The Bertz CT molecular complexity index is 1320. The maximum absolute atomic E-state index is 12.9. The predicted octanol–water partition coefficient (Wildman–Crippen LogP) is 12.6. The van der Waals surface area contributed by atoms with Gasteiger partial charge in [-0.25, -0.2) is 9.59 Å². The topological polar surface area (TPSA) is 71.1 Å². The zero-order chi connectivity index (χ0) is 32.8. The van der Waals surface area contributed by atoms with Crippen LogP contribution in [0.2, 0.25) is 0 Å². The van der Waals surface area contributed by atoms with Crippen molar-refractivity contribution in [3.8, 4) is 11.5 Å². The minimum absolute atomic E-state index is 0.330. The van der Waals surface area contributed by atoms with Gasteiger partial charge in [-0.1, -0.05) is 160 Å². The molecule has 0 aliphatic carbocycles. The highest BCUT2D eigenvalue weighted by atomic mass is 16.7. The molecule has 0 bridgehead atoms. The third-order valence-corrected chi connectivity index (χ3v) is 8.70. The second-order valence-electron chi connectivity index (χ2n) is 12.5. The van der Waals surface area contributed by atoms with Gasteiger partial charge in [0.15, 0.2) is 0 Å². The quantitative estimate of drug-likeness (QED) is 0.0447. The fraction of sp³-hybridized carbons (Fsp3) is 0.600. The van der Waals surface area contributed by atoms with Gasteiger partial charge in [0, 0.05) is 21.5 Å². The van der Waals surface area contributed by atoms with Gasteiger partial charge in [0.1, 0.15) is 11.5 Å². The van der Waals surface area contributed by atoms with Gasteiger partial charge in [-0.3, -0.25) is 0 Å². The van der Waals surface area contributed by atoms with Crippen molar-refractivity contribution in [2.75, 3.05) is 13.2 Å². The van der Waals surface area contributed by atoms with E-state index in [-0.39, 0.29) is 0 Å². The molecule has 3 rings (SSSR count). The number of carbonyl (C=O) groups is 2. The summed E-state index contributed by atoms with van der Waals surface area (Å²) in [5.41, 5.74) is 1.08. The van der Waals surface area contributed by atoms with E-state index in [1.54, 1.807) is 0 Å². The van der Waals surface area contributed by atoms with Gasteiger partial charge < -0.3 is 18.9 Å². The average molecular weight is 635 g/mol. The van der Waals surface area contributed by atoms with Gasteiger partial charge in [-0.2, -0.15) is 0 Å². The number of ether oxygens (including phenoxy) is 4. The second-order valence-corrected chi connectivity index (χ2v) is 12.5. The van der Waals surface area contributed by atoms with E-state index in [4.69, 9.17) is 18.9 Å². The zero-order valence-electron chi connectivity index (χ0n) is 28.8. The summed E-state index contributed by atoms with van der Waals surface area (Å²) in [5, 5.41) is 2.71. The number of fused-ring (bicyclic) bond motifs is 2. The van der Waals surface area contributed by atoms with Crippen LogP contribution in [-0.4, -0.2) is 25.5 Å². The molecule has 0 saturated heterocycles. The van der Waals surface area contributed by atoms with Gasteiger partial charge in [0.05, 0.1) is 13.2 Å². The van der Waals surface area contributed by atoms with Crippen LogP contribution in [0.15, 0.2) is 42.5 Å². The van der Waals surface area contributed by atoms with E-state index in [9.17, 15) is 9.59 Å². The summed E-state index contributed by atoms with van der Waals surface area (Å²) < 4.78 is 22.7. The molecule has 254 valence electrons. The number of hydrogen-bond acceptors (Lipinski definition) is 6. The van der Waals surface area contributed by atoms with Gasteiger partial charge >= 0.3 is 12.3 Å². The average Bonchev–Trinajstić information content (AvgIpc) is 3.07. The Labute approximate surface area is 277 Å². The van der Waals surface area contributed by atoms with Crippen molar-refractivity contribution >= 4 is 33.9 Å². The standard InChI is InChI=1S/C40H58O6/c1-4-7-9-11-13-15-17-19-23-29-43-39(41)45-37-33-25-21-22-26-34(33)38(36-31-32(6-3)27-28-35(36)37)46-40(42)44-30-24-20-18-16-14-12-10-8-5-2/h21-22,25-28,31H,4-20,23-24,29-30H2,1-3H3. The zero-order valence-corrected chi connectivity index (χ0v) is 28.8. The highest BCUT2D eigenvalue weighted by molar-refractivity contribution is 6.12. The lowest BCUT2D eigenvalue weighted by molar-refractivity contribution is 0.0965. The molecule has 0 atom stereocenters. The lowest BCUT2D eigenvalue weighted by Gasteiger charge is -2.17. The maximum atomic E-state index is 12.9. The first-order valence-electron chi connectivity index (χ1n) is 18.3. The molecule has 46 heavy (non-hydrogen) atoms. The molecule has 3 aromatic carbocycles. The molecule has 0 aromatic heterocycles. The summed E-state index contributed by atoms with van der Waals surface area (Å²) in [4.78, 5) is 25.7. The van der Waals surface area contributed by atoms with Crippen LogP contribution in [0.25, 0.3) is 21.5 Å². The largest absolute Gasteiger partial charge is 0.513 e. The first kappa shape index (κ1) is 37.2. The van der Waals surface area contributed by atoms with E-state index in [1.807, 2.05) is 42.5 Å². The number of carbonyl (C=O) groups excluding carboxylic acids is 2. The Kier molecular flexibility index (Phi) is 18.0. The lowest BCUT2D eigenvalue weighted by atomic mass is 9.98. The van der Waals surface area contributed by atoms with Crippen molar-refractivity contribution in [1.82, 2.24) is 0 Å². The minimum atomic E-state index is -0.723. The molecule has 0 aliphatic rings. The van der Waals surface area contributed by atoms with Crippen molar-refractivity contribution < 1.29 is 28.5 Å². The minimum Gasteiger partial charge on any atom is -0.434 e. The summed E-state index contributed by atoms with van der Waals surface area (Å²) >= 11 is 0. The number of aryl methyl sites for hydroxylation is 1. The second kappa shape index (κ2) is 22.3. The Balaban J connectivity index is 1.60. The van der Waals surface area contributed by atoms with Gasteiger partial charge in [-0.15, -0.1) is 0 Å². The predicted molar refractivity (Wildman–Crippen MR) is 189 cm³/mol. The van der Waals surface area contributed by atoms with Crippen molar-refractivity contribution in [2.24, 2.45) is 0 Å². The van der Waals surface area contributed by atoms with Crippen LogP contribution in [0.4, 0.5) is 9.59 Å². The molecule has 6 nitrogen and oxygen atoms in total. The maximum Gasteiger partial charge on any atom is 0.513 e. The molecule has 0 saturated carbocycles. The first-order chi connectivity index (χ1) is 22.6. The summed E-state index contributed by atoms with van der Waals surface area (Å²) in [7, 11) is 0. The van der Waals surface area contributed by atoms with Crippen LogP contribution < -0.4 is 9.47 Å². The monoisotopic (exact) mass is 634 g/mol. The number of benzene rings is 3. The third kappa shape index (κ3) is 12.8.